The maximum atomic E-state index is 11.7. The Balaban J connectivity index is 2.74. The number of benzene rings is 1. The first kappa shape index (κ1) is 14.3. The van der Waals surface area contributed by atoms with Crippen LogP contribution >= 0.6 is 0 Å². The second kappa shape index (κ2) is 6.86. The highest BCUT2D eigenvalue weighted by atomic mass is 16.5. The Hall–Kier alpha value is -1.75. The van der Waals surface area contributed by atoms with Gasteiger partial charge in [0.2, 0.25) is 5.91 Å². The second-order valence-electron chi connectivity index (χ2n) is 4.01. The van der Waals surface area contributed by atoms with Crippen molar-refractivity contribution in [3.8, 4) is 11.5 Å². The summed E-state index contributed by atoms with van der Waals surface area (Å²) in [4.78, 5) is 11.7. The van der Waals surface area contributed by atoms with Gasteiger partial charge in [0, 0.05) is 17.7 Å². The van der Waals surface area contributed by atoms with Gasteiger partial charge in [-0.2, -0.15) is 0 Å². The van der Waals surface area contributed by atoms with Crippen LogP contribution in [0, 0.1) is 0 Å². The summed E-state index contributed by atoms with van der Waals surface area (Å²) in [6.45, 7) is 1.66. The molecule has 2 N–H and O–H groups in total. The summed E-state index contributed by atoms with van der Waals surface area (Å²) in [6, 6.07) is 5.06. The fraction of sp³-hybridized carbons (Fsp3) is 0.462. The van der Waals surface area contributed by atoms with Crippen LogP contribution in [0.4, 0.5) is 0 Å². The lowest BCUT2D eigenvalue weighted by Crippen LogP contribution is -2.36. The zero-order chi connectivity index (χ0) is 13.5. The van der Waals surface area contributed by atoms with Gasteiger partial charge in [0.1, 0.15) is 11.5 Å². The van der Waals surface area contributed by atoms with E-state index in [1.165, 1.54) is 0 Å². The number of ether oxygens (including phenoxy) is 2. The molecule has 0 aliphatic carbocycles. The Kier molecular flexibility index (Phi) is 5.45. The fourth-order valence-electron chi connectivity index (χ4n) is 1.54. The van der Waals surface area contributed by atoms with Crippen LogP contribution in [0.25, 0.3) is 0 Å². The van der Waals surface area contributed by atoms with Crippen molar-refractivity contribution in [1.82, 2.24) is 5.32 Å². The molecule has 1 amide bonds. The molecular weight excluding hydrogens is 234 g/mol. The first-order valence-electron chi connectivity index (χ1n) is 5.71. The normalized spacial score (nSPS) is 11.8. The highest BCUT2D eigenvalue weighted by molar-refractivity contribution is 5.79. The molecule has 0 spiro atoms. The van der Waals surface area contributed by atoms with Crippen LogP contribution in [0.1, 0.15) is 12.5 Å². The number of carbonyl (C=O) groups is 1. The molecule has 0 bridgehead atoms. The molecule has 1 aromatic rings. The van der Waals surface area contributed by atoms with Gasteiger partial charge in [-0.25, -0.2) is 0 Å². The van der Waals surface area contributed by atoms with E-state index in [2.05, 4.69) is 5.32 Å². The maximum absolute atomic E-state index is 11.7. The highest BCUT2D eigenvalue weighted by Crippen LogP contribution is 2.24. The third-order valence-corrected chi connectivity index (χ3v) is 2.53. The first-order chi connectivity index (χ1) is 8.60. The average Bonchev–Trinajstić information content (AvgIpc) is 2.38. The molecule has 1 atom stereocenters. The molecule has 0 heterocycles. The summed E-state index contributed by atoms with van der Waals surface area (Å²) in [5.74, 6) is 1.14. The van der Waals surface area contributed by atoms with Crippen LogP contribution in [0.3, 0.4) is 0 Å². The molecule has 0 saturated carbocycles. The van der Waals surface area contributed by atoms with E-state index in [1.807, 2.05) is 0 Å². The summed E-state index contributed by atoms with van der Waals surface area (Å²) in [6.07, 6.45) is 0.206. The molecule has 1 rings (SSSR count). The van der Waals surface area contributed by atoms with Crippen molar-refractivity contribution in [2.45, 2.75) is 19.4 Å². The number of aliphatic hydroxyl groups is 1. The minimum atomic E-state index is -0.248. The Labute approximate surface area is 107 Å². The summed E-state index contributed by atoms with van der Waals surface area (Å²) >= 11 is 0. The Morgan fingerprint density at radius 1 is 1.39 bits per heavy atom. The van der Waals surface area contributed by atoms with Gasteiger partial charge in [-0.05, 0) is 13.0 Å². The number of hydrogen-bond donors (Lipinski definition) is 2. The summed E-state index contributed by atoms with van der Waals surface area (Å²) < 4.78 is 10.3. The zero-order valence-corrected chi connectivity index (χ0v) is 10.9. The number of aliphatic hydroxyl groups excluding tert-OH is 1. The number of hydrogen-bond acceptors (Lipinski definition) is 4. The standard InChI is InChI=1S/C13H19NO4/c1-9(8-15)14-13(16)6-10-4-5-11(17-2)7-12(10)18-3/h4-5,7,9,15H,6,8H2,1-3H3,(H,14,16)/t9-/m1/s1. The summed E-state index contributed by atoms with van der Waals surface area (Å²) in [5.41, 5.74) is 0.779. The molecule has 5 nitrogen and oxygen atoms in total. The molecule has 0 saturated heterocycles. The number of methoxy groups -OCH3 is 2. The molecule has 0 fully saturated rings. The number of rotatable bonds is 6. The lowest BCUT2D eigenvalue weighted by Gasteiger charge is -2.13. The molecule has 0 radical (unpaired) electrons. The topological polar surface area (TPSA) is 67.8 Å². The first-order valence-corrected chi connectivity index (χ1v) is 5.71. The van der Waals surface area contributed by atoms with Gasteiger partial charge in [0.05, 0.1) is 27.2 Å². The van der Waals surface area contributed by atoms with Crippen molar-refractivity contribution < 1.29 is 19.4 Å². The summed E-state index contributed by atoms with van der Waals surface area (Å²) in [7, 11) is 3.12. The predicted octanol–water partition coefficient (Wildman–Crippen LogP) is 0.743. The number of carbonyl (C=O) groups excluding carboxylic acids is 1. The van der Waals surface area contributed by atoms with E-state index < -0.39 is 0 Å². The fourth-order valence-corrected chi connectivity index (χ4v) is 1.54. The maximum Gasteiger partial charge on any atom is 0.224 e. The highest BCUT2D eigenvalue weighted by Gasteiger charge is 2.11. The molecule has 0 aromatic heterocycles. The predicted molar refractivity (Wildman–Crippen MR) is 67.9 cm³/mol. The largest absolute Gasteiger partial charge is 0.497 e. The van der Waals surface area contributed by atoms with Gasteiger partial charge < -0.3 is 19.9 Å². The summed E-state index contributed by atoms with van der Waals surface area (Å²) in [5, 5.41) is 11.5. The van der Waals surface area contributed by atoms with Crippen molar-refractivity contribution in [3.63, 3.8) is 0 Å². The van der Waals surface area contributed by atoms with Crippen molar-refractivity contribution >= 4 is 5.91 Å². The number of nitrogens with one attached hydrogen (secondary N) is 1. The van der Waals surface area contributed by atoms with Crippen molar-refractivity contribution in [3.05, 3.63) is 23.8 Å². The van der Waals surface area contributed by atoms with Crippen LogP contribution in [0.2, 0.25) is 0 Å². The van der Waals surface area contributed by atoms with Gasteiger partial charge in [-0.15, -0.1) is 0 Å². The van der Waals surface area contributed by atoms with Gasteiger partial charge >= 0.3 is 0 Å². The molecule has 0 aliphatic rings. The lowest BCUT2D eigenvalue weighted by atomic mass is 10.1. The Morgan fingerprint density at radius 2 is 2.11 bits per heavy atom. The Bertz CT molecular complexity index is 406. The van der Waals surface area contributed by atoms with Crippen LogP contribution in [-0.2, 0) is 11.2 Å². The number of amides is 1. The van der Waals surface area contributed by atoms with Gasteiger partial charge in [-0.1, -0.05) is 6.07 Å². The van der Waals surface area contributed by atoms with E-state index in [-0.39, 0.29) is 25.0 Å². The van der Waals surface area contributed by atoms with Crippen LogP contribution < -0.4 is 14.8 Å². The molecule has 18 heavy (non-hydrogen) atoms. The smallest absolute Gasteiger partial charge is 0.224 e. The third-order valence-electron chi connectivity index (χ3n) is 2.53. The molecule has 0 unspecified atom stereocenters. The molecule has 5 heteroatoms. The zero-order valence-electron chi connectivity index (χ0n) is 10.9. The minimum absolute atomic E-state index is 0.0779. The van der Waals surface area contributed by atoms with Crippen molar-refractivity contribution in [2.75, 3.05) is 20.8 Å². The van der Waals surface area contributed by atoms with Crippen LogP contribution in [0.15, 0.2) is 18.2 Å². The van der Waals surface area contributed by atoms with Gasteiger partial charge in [0.15, 0.2) is 0 Å². The van der Waals surface area contributed by atoms with E-state index in [1.54, 1.807) is 39.3 Å². The third kappa shape index (κ3) is 3.92. The van der Waals surface area contributed by atoms with Gasteiger partial charge in [0.25, 0.3) is 0 Å². The van der Waals surface area contributed by atoms with Crippen LogP contribution in [-0.4, -0.2) is 37.9 Å². The lowest BCUT2D eigenvalue weighted by molar-refractivity contribution is -0.121. The SMILES string of the molecule is COc1ccc(CC(=O)N[C@H](C)CO)c(OC)c1. The van der Waals surface area contributed by atoms with E-state index in [0.29, 0.717) is 11.5 Å². The van der Waals surface area contributed by atoms with Crippen molar-refractivity contribution in [2.24, 2.45) is 0 Å². The van der Waals surface area contributed by atoms with E-state index in [9.17, 15) is 4.79 Å². The molecule has 100 valence electrons. The quantitative estimate of drug-likeness (QED) is 0.785. The average molecular weight is 253 g/mol. The van der Waals surface area contributed by atoms with E-state index in [0.717, 1.165) is 5.56 Å². The Morgan fingerprint density at radius 3 is 2.67 bits per heavy atom. The van der Waals surface area contributed by atoms with Gasteiger partial charge in [-0.3, -0.25) is 4.79 Å². The molecule has 0 aliphatic heterocycles. The minimum Gasteiger partial charge on any atom is -0.497 e. The molecule has 1 aromatic carbocycles. The van der Waals surface area contributed by atoms with E-state index >= 15 is 0 Å². The second-order valence-corrected chi connectivity index (χ2v) is 4.01. The van der Waals surface area contributed by atoms with Crippen LogP contribution in [0.5, 0.6) is 11.5 Å². The monoisotopic (exact) mass is 253 g/mol. The van der Waals surface area contributed by atoms with E-state index in [4.69, 9.17) is 14.6 Å². The molecular formula is C13H19NO4. The van der Waals surface area contributed by atoms with Crippen molar-refractivity contribution in [1.29, 1.82) is 0 Å².